The van der Waals surface area contributed by atoms with Gasteiger partial charge in [-0.15, -0.1) is 0 Å². The molecule has 7 heteroatoms. The second-order valence-corrected chi connectivity index (χ2v) is 5.89. The van der Waals surface area contributed by atoms with E-state index in [-0.39, 0.29) is 31.9 Å². The van der Waals surface area contributed by atoms with Crippen molar-refractivity contribution in [2.24, 2.45) is 0 Å². The maximum Gasteiger partial charge on any atom is 0.146 e. The molecule has 1 saturated carbocycles. The van der Waals surface area contributed by atoms with Gasteiger partial charge in [-0.05, 0) is 5.56 Å². The van der Waals surface area contributed by atoms with E-state index in [4.69, 9.17) is 28.4 Å². The zero-order valence-corrected chi connectivity index (χ0v) is 13.9. The molecule has 1 aliphatic carbocycles. The van der Waals surface area contributed by atoms with Gasteiger partial charge in [-0.2, -0.15) is 0 Å². The predicted molar refractivity (Wildman–Crippen MR) is 83.2 cm³/mol. The first-order chi connectivity index (χ1) is 11.8. The Morgan fingerprint density at radius 2 is 1.54 bits per heavy atom. The Labute approximate surface area is 141 Å². The Balaban J connectivity index is 1.69. The Bertz CT molecular complexity index is 497. The number of fused-ring (bicyclic) bond motifs is 1. The van der Waals surface area contributed by atoms with Gasteiger partial charge < -0.3 is 33.5 Å². The van der Waals surface area contributed by atoms with E-state index in [2.05, 4.69) is 0 Å². The smallest absolute Gasteiger partial charge is 0.146 e. The molecule has 0 bridgehead atoms. The normalized spacial score (nSPS) is 34.8. The minimum Gasteiger partial charge on any atom is -0.387 e. The lowest BCUT2D eigenvalue weighted by molar-refractivity contribution is -0.226. The van der Waals surface area contributed by atoms with Crippen molar-refractivity contribution in [2.75, 3.05) is 27.8 Å². The van der Waals surface area contributed by atoms with Crippen molar-refractivity contribution >= 4 is 0 Å². The van der Waals surface area contributed by atoms with E-state index in [1.165, 1.54) is 7.11 Å². The van der Waals surface area contributed by atoms with E-state index in [0.717, 1.165) is 5.56 Å². The van der Waals surface area contributed by atoms with Gasteiger partial charge in [-0.25, -0.2) is 0 Å². The fraction of sp³-hybridized carbons (Fsp3) is 0.647. The van der Waals surface area contributed by atoms with Crippen LogP contribution in [0.4, 0.5) is 0 Å². The van der Waals surface area contributed by atoms with Crippen LogP contribution >= 0.6 is 0 Å². The number of aliphatic hydroxyl groups excluding tert-OH is 1. The molecule has 134 valence electrons. The van der Waals surface area contributed by atoms with Crippen LogP contribution in [-0.2, 0) is 35.0 Å². The number of rotatable bonds is 9. The van der Waals surface area contributed by atoms with Crippen LogP contribution in [0.5, 0.6) is 0 Å². The third-order valence-electron chi connectivity index (χ3n) is 4.25. The quantitative estimate of drug-likeness (QED) is 0.523. The van der Waals surface area contributed by atoms with Crippen molar-refractivity contribution in [2.45, 2.75) is 43.2 Å². The third-order valence-corrected chi connectivity index (χ3v) is 4.25. The van der Waals surface area contributed by atoms with E-state index in [1.54, 1.807) is 7.11 Å². The molecule has 7 nitrogen and oxygen atoms in total. The Hall–Kier alpha value is -1.06. The van der Waals surface area contributed by atoms with Crippen LogP contribution in [0.3, 0.4) is 0 Å². The lowest BCUT2D eigenvalue weighted by atomic mass is 9.89. The molecule has 1 heterocycles. The molecule has 1 saturated heterocycles. The number of hydrogen-bond acceptors (Lipinski definition) is 7. The number of hydrogen-bond donors (Lipinski definition) is 1. The number of benzene rings is 1. The van der Waals surface area contributed by atoms with Crippen LogP contribution in [-0.4, -0.2) is 69.5 Å². The fourth-order valence-corrected chi connectivity index (χ4v) is 3.06. The third kappa shape index (κ3) is 3.94. The molecule has 1 aromatic carbocycles. The highest BCUT2D eigenvalue weighted by Gasteiger charge is 2.62. The van der Waals surface area contributed by atoms with Crippen LogP contribution in [0.2, 0.25) is 0 Å². The van der Waals surface area contributed by atoms with E-state index < -0.39 is 18.3 Å². The lowest BCUT2D eigenvalue weighted by Gasteiger charge is -2.37. The summed E-state index contributed by atoms with van der Waals surface area (Å²) in [5.41, 5.74) is 1.06. The van der Waals surface area contributed by atoms with Gasteiger partial charge in [0, 0.05) is 14.2 Å². The average molecular weight is 340 g/mol. The lowest BCUT2D eigenvalue weighted by Crippen LogP contribution is -2.57. The number of ether oxygens (including phenoxy) is 6. The summed E-state index contributed by atoms with van der Waals surface area (Å²) in [6.07, 6.45) is -2.76. The summed E-state index contributed by atoms with van der Waals surface area (Å²) in [5, 5.41) is 10.4. The first-order valence-corrected chi connectivity index (χ1v) is 7.96. The van der Waals surface area contributed by atoms with E-state index in [1.807, 2.05) is 30.3 Å². The summed E-state index contributed by atoms with van der Waals surface area (Å²) in [6.45, 7) is 0.558. The summed E-state index contributed by atoms with van der Waals surface area (Å²) >= 11 is 0. The van der Waals surface area contributed by atoms with E-state index in [0.29, 0.717) is 6.61 Å². The van der Waals surface area contributed by atoms with Crippen molar-refractivity contribution in [3.63, 3.8) is 0 Å². The molecular formula is C17H24O7. The first kappa shape index (κ1) is 17.8. The molecule has 1 aliphatic heterocycles. The minimum atomic E-state index is -0.788. The molecule has 0 unspecified atom stereocenters. The maximum absolute atomic E-state index is 10.4. The number of methoxy groups -OCH3 is 2. The standard InChI is InChI=1S/C17H24O7/c1-19-9-22-13-12(18)14-17(24-14)16(15(13)23-10-20-2)21-8-11-6-4-3-5-7-11/h3-7,12-18H,8-10H2,1-2H3/t12-,13-,14-,15+,16-,17-/m1/s1. The molecular weight excluding hydrogens is 316 g/mol. The molecule has 1 N–H and O–H groups in total. The van der Waals surface area contributed by atoms with Crippen LogP contribution in [0.1, 0.15) is 5.56 Å². The molecule has 0 amide bonds. The summed E-state index contributed by atoms with van der Waals surface area (Å²) < 4.78 is 33.0. The van der Waals surface area contributed by atoms with Gasteiger partial charge >= 0.3 is 0 Å². The molecule has 0 radical (unpaired) electrons. The van der Waals surface area contributed by atoms with Gasteiger partial charge in [-0.3, -0.25) is 0 Å². The van der Waals surface area contributed by atoms with Crippen LogP contribution in [0.15, 0.2) is 30.3 Å². The number of aliphatic hydroxyl groups is 1. The topological polar surface area (TPSA) is 78.9 Å². The Morgan fingerprint density at radius 1 is 0.875 bits per heavy atom. The zero-order valence-electron chi connectivity index (χ0n) is 13.9. The van der Waals surface area contributed by atoms with E-state index >= 15 is 0 Å². The van der Waals surface area contributed by atoms with Crippen molar-refractivity contribution in [1.82, 2.24) is 0 Å². The van der Waals surface area contributed by atoms with Crippen molar-refractivity contribution in [3.05, 3.63) is 35.9 Å². The summed E-state index contributed by atoms with van der Waals surface area (Å²) in [6, 6.07) is 9.87. The average Bonchev–Trinajstić information content (AvgIpc) is 3.40. The molecule has 0 aromatic heterocycles. The highest BCUT2D eigenvalue weighted by Crippen LogP contribution is 2.41. The molecule has 2 aliphatic rings. The molecule has 3 rings (SSSR count). The summed E-state index contributed by atoms with van der Waals surface area (Å²) in [4.78, 5) is 0. The Morgan fingerprint density at radius 3 is 2.21 bits per heavy atom. The van der Waals surface area contributed by atoms with Crippen molar-refractivity contribution in [1.29, 1.82) is 0 Å². The highest BCUT2D eigenvalue weighted by atomic mass is 16.7. The van der Waals surface area contributed by atoms with Crippen LogP contribution in [0, 0.1) is 0 Å². The van der Waals surface area contributed by atoms with Gasteiger partial charge in [0.1, 0.15) is 50.2 Å². The highest BCUT2D eigenvalue weighted by molar-refractivity contribution is 5.14. The maximum atomic E-state index is 10.4. The van der Waals surface area contributed by atoms with Gasteiger partial charge in [0.25, 0.3) is 0 Å². The predicted octanol–water partition coefficient (Wildman–Crippen LogP) is 0.692. The van der Waals surface area contributed by atoms with E-state index in [9.17, 15) is 5.11 Å². The van der Waals surface area contributed by atoms with Crippen molar-refractivity contribution < 1.29 is 33.5 Å². The van der Waals surface area contributed by atoms with Crippen LogP contribution in [0.25, 0.3) is 0 Å². The van der Waals surface area contributed by atoms with Gasteiger partial charge in [0.15, 0.2) is 0 Å². The second-order valence-electron chi connectivity index (χ2n) is 5.89. The Kier molecular flexibility index (Phi) is 6.18. The second kappa shape index (κ2) is 8.35. The van der Waals surface area contributed by atoms with Gasteiger partial charge in [0.05, 0.1) is 6.61 Å². The monoisotopic (exact) mass is 340 g/mol. The van der Waals surface area contributed by atoms with Crippen LogP contribution < -0.4 is 0 Å². The molecule has 0 spiro atoms. The SMILES string of the molecule is COCO[C@@H]1[C@@H](OCc2ccccc2)[C@@H]2O[C@@H]2[C@H](O)[C@H]1OCOC. The molecule has 24 heavy (non-hydrogen) atoms. The minimum absolute atomic E-state index is 0.0529. The molecule has 6 atom stereocenters. The molecule has 2 fully saturated rings. The van der Waals surface area contributed by atoms with Crippen molar-refractivity contribution in [3.8, 4) is 0 Å². The van der Waals surface area contributed by atoms with Gasteiger partial charge in [0.2, 0.25) is 0 Å². The zero-order chi connectivity index (χ0) is 16.9. The molecule has 1 aromatic rings. The number of epoxide rings is 1. The van der Waals surface area contributed by atoms with Gasteiger partial charge in [-0.1, -0.05) is 30.3 Å². The summed E-state index contributed by atoms with van der Waals surface area (Å²) in [7, 11) is 3.07. The first-order valence-electron chi connectivity index (χ1n) is 7.96. The fourth-order valence-electron chi connectivity index (χ4n) is 3.06. The summed E-state index contributed by atoms with van der Waals surface area (Å²) in [5.74, 6) is 0. The largest absolute Gasteiger partial charge is 0.387 e.